The lowest BCUT2D eigenvalue weighted by Gasteiger charge is -2.29. The summed E-state index contributed by atoms with van der Waals surface area (Å²) in [7, 11) is 0. The molecule has 42 heavy (non-hydrogen) atoms. The second-order valence-electron chi connectivity index (χ2n) is 11.4. The van der Waals surface area contributed by atoms with Crippen molar-refractivity contribution < 1.29 is 18.7 Å². The number of para-hydroxylation sites is 2. The average Bonchev–Trinajstić information content (AvgIpc) is 3.39. The van der Waals surface area contributed by atoms with Crippen LogP contribution in [0.25, 0.3) is 0 Å². The molecule has 2 amide bonds. The van der Waals surface area contributed by atoms with Crippen LogP contribution in [-0.2, 0) is 16.1 Å². The first-order valence-corrected chi connectivity index (χ1v) is 14.8. The van der Waals surface area contributed by atoms with Crippen LogP contribution in [0.4, 0.5) is 31.4 Å². The molecule has 4 aromatic rings. The van der Waals surface area contributed by atoms with E-state index in [-0.39, 0.29) is 18.4 Å². The maximum atomic E-state index is 14.1. The number of carbonyl (C=O) groups is 2. The lowest BCUT2D eigenvalue weighted by Crippen LogP contribution is -2.50. The normalized spacial score (nSPS) is 12.1. The van der Waals surface area contributed by atoms with Gasteiger partial charge in [-0.15, -0.1) is 11.3 Å². The van der Waals surface area contributed by atoms with Crippen molar-refractivity contribution >= 4 is 45.5 Å². The van der Waals surface area contributed by atoms with Crippen molar-refractivity contribution in [2.24, 2.45) is 5.92 Å². The van der Waals surface area contributed by atoms with E-state index < -0.39 is 23.6 Å². The highest BCUT2D eigenvalue weighted by Gasteiger charge is 2.30. The van der Waals surface area contributed by atoms with Crippen molar-refractivity contribution in [1.82, 2.24) is 10.3 Å². The first-order valence-electron chi connectivity index (χ1n) is 13.9. The van der Waals surface area contributed by atoms with Gasteiger partial charge in [-0.1, -0.05) is 50.2 Å². The number of halogens is 1. The molecule has 0 saturated carbocycles. The van der Waals surface area contributed by atoms with Crippen LogP contribution in [0.5, 0.6) is 0 Å². The summed E-state index contributed by atoms with van der Waals surface area (Å²) in [5.41, 5.74) is 2.35. The van der Waals surface area contributed by atoms with E-state index in [4.69, 9.17) is 9.72 Å². The number of ether oxygens (including phenoxy) is 1. The molecule has 1 N–H and O–H groups in total. The van der Waals surface area contributed by atoms with Gasteiger partial charge in [0, 0.05) is 22.4 Å². The number of nitrogens with zero attached hydrogens (tertiary/aromatic N) is 3. The van der Waals surface area contributed by atoms with E-state index in [1.807, 2.05) is 79.9 Å². The van der Waals surface area contributed by atoms with Crippen LogP contribution in [-0.4, -0.2) is 28.6 Å². The number of carbonyl (C=O) groups excluding carboxylic acids is 2. The second kappa shape index (κ2) is 13.6. The molecule has 0 aliphatic rings. The second-order valence-corrected chi connectivity index (χ2v) is 12.2. The molecule has 9 heteroatoms. The van der Waals surface area contributed by atoms with Gasteiger partial charge in [0.15, 0.2) is 5.13 Å². The fourth-order valence-electron chi connectivity index (χ4n) is 4.41. The molecule has 7 nitrogen and oxygen atoms in total. The zero-order valence-electron chi connectivity index (χ0n) is 24.6. The molecule has 0 aliphatic heterocycles. The molecule has 0 fully saturated rings. The first-order chi connectivity index (χ1) is 20.0. The third-order valence-corrected chi connectivity index (χ3v) is 7.05. The van der Waals surface area contributed by atoms with Gasteiger partial charge >= 0.3 is 6.09 Å². The quantitative estimate of drug-likeness (QED) is 0.202. The van der Waals surface area contributed by atoms with Gasteiger partial charge in [-0.3, -0.25) is 9.69 Å². The van der Waals surface area contributed by atoms with Gasteiger partial charge in [0.05, 0.1) is 12.2 Å². The molecule has 0 unspecified atom stereocenters. The van der Waals surface area contributed by atoms with E-state index >= 15 is 0 Å². The third-order valence-electron chi connectivity index (χ3n) is 6.18. The molecular formula is C33H37FN4O3S. The molecule has 1 aromatic heterocycles. The van der Waals surface area contributed by atoms with Gasteiger partial charge in [0.1, 0.15) is 17.5 Å². The lowest BCUT2D eigenvalue weighted by molar-refractivity contribution is -0.121. The monoisotopic (exact) mass is 588 g/mol. The Hall–Kier alpha value is -4.24. The molecule has 0 radical (unpaired) electrons. The number of benzene rings is 3. The van der Waals surface area contributed by atoms with Crippen LogP contribution in [0.2, 0.25) is 0 Å². The van der Waals surface area contributed by atoms with E-state index in [9.17, 15) is 14.0 Å². The summed E-state index contributed by atoms with van der Waals surface area (Å²) >= 11 is 1.46. The summed E-state index contributed by atoms with van der Waals surface area (Å²) in [5, 5.41) is 5.42. The van der Waals surface area contributed by atoms with E-state index in [0.717, 1.165) is 16.5 Å². The van der Waals surface area contributed by atoms with E-state index in [2.05, 4.69) is 10.2 Å². The highest BCUT2D eigenvalue weighted by atomic mass is 32.1. The minimum atomic E-state index is -0.854. The van der Waals surface area contributed by atoms with Crippen LogP contribution in [0, 0.1) is 11.7 Å². The number of aromatic nitrogens is 1. The van der Waals surface area contributed by atoms with E-state index in [0.29, 0.717) is 17.8 Å². The fraction of sp³-hybridized carbons (Fsp3) is 0.303. The number of nitrogens with one attached hydrogen (secondary N) is 1. The Labute approximate surface area is 251 Å². The summed E-state index contributed by atoms with van der Waals surface area (Å²) in [6, 6.07) is 24.8. The third kappa shape index (κ3) is 8.39. The summed E-state index contributed by atoms with van der Waals surface area (Å²) < 4.78 is 19.3. The molecular weight excluding hydrogens is 551 g/mol. The van der Waals surface area contributed by atoms with Gasteiger partial charge in [0.25, 0.3) is 0 Å². The molecule has 0 spiro atoms. The largest absolute Gasteiger partial charge is 0.444 e. The zero-order valence-corrected chi connectivity index (χ0v) is 25.4. The SMILES string of the molecule is CC(C)C[C@@H](NC(=O)OC(C)(C)C)C(=O)N(Cc1csc(N(c2ccccc2)c2ccccc2)n1)c1ccc(F)cc1. The molecule has 0 bridgehead atoms. The predicted molar refractivity (Wildman–Crippen MR) is 167 cm³/mol. The molecule has 0 saturated heterocycles. The average molecular weight is 589 g/mol. The standard InChI is InChI=1S/C33H37FN4O3S/c1-23(2)20-29(36-32(40)41-33(3,4)5)30(39)37(26-18-16-24(34)17-19-26)21-25-22-42-31(35-25)38(27-12-8-6-9-13-27)28-14-10-7-11-15-28/h6-19,22-23,29H,20-21H2,1-5H3,(H,36,40)/t29-/m1/s1. The Kier molecular flexibility index (Phi) is 9.96. The number of anilines is 4. The number of rotatable bonds is 10. The van der Waals surface area contributed by atoms with E-state index in [1.54, 1.807) is 32.9 Å². The zero-order chi connectivity index (χ0) is 30.3. The minimum absolute atomic E-state index is 0.111. The Bertz CT molecular complexity index is 1410. The van der Waals surface area contributed by atoms with Crippen molar-refractivity contribution in [1.29, 1.82) is 0 Å². The van der Waals surface area contributed by atoms with Gasteiger partial charge < -0.3 is 15.0 Å². The molecule has 220 valence electrons. The van der Waals surface area contributed by atoms with Crippen LogP contribution < -0.4 is 15.1 Å². The number of amides is 2. The van der Waals surface area contributed by atoms with Crippen molar-refractivity contribution in [3.63, 3.8) is 0 Å². The van der Waals surface area contributed by atoms with Crippen molar-refractivity contribution in [2.45, 2.75) is 59.2 Å². The molecule has 1 atom stereocenters. The van der Waals surface area contributed by atoms with Crippen LogP contribution >= 0.6 is 11.3 Å². The molecule has 4 rings (SSSR count). The maximum Gasteiger partial charge on any atom is 0.408 e. The number of alkyl carbamates (subject to hydrolysis) is 1. The lowest BCUT2D eigenvalue weighted by atomic mass is 10.0. The fourth-order valence-corrected chi connectivity index (χ4v) is 5.26. The summed E-state index contributed by atoms with van der Waals surface area (Å²) in [4.78, 5) is 35.3. The van der Waals surface area contributed by atoms with Crippen LogP contribution in [0.1, 0.15) is 46.7 Å². The van der Waals surface area contributed by atoms with Crippen LogP contribution in [0.15, 0.2) is 90.3 Å². The molecule has 1 heterocycles. The van der Waals surface area contributed by atoms with Crippen LogP contribution in [0.3, 0.4) is 0 Å². The Morgan fingerprint density at radius 3 is 2.00 bits per heavy atom. The van der Waals surface area contributed by atoms with Gasteiger partial charge in [-0.2, -0.15) is 0 Å². The highest BCUT2D eigenvalue weighted by molar-refractivity contribution is 7.14. The Balaban J connectivity index is 1.67. The summed E-state index contributed by atoms with van der Waals surface area (Å²) in [6.07, 6.45) is -0.272. The minimum Gasteiger partial charge on any atom is -0.444 e. The Morgan fingerprint density at radius 1 is 0.905 bits per heavy atom. The summed E-state index contributed by atoms with van der Waals surface area (Å²) in [5.74, 6) is -0.632. The van der Waals surface area contributed by atoms with Gasteiger partial charge in [-0.05, 0) is 81.6 Å². The molecule has 0 aliphatic carbocycles. The van der Waals surface area contributed by atoms with E-state index in [1.165, 1.54) is 28.4 Å². The predicted octanol–water partition coefficient (Wildman–Crippen LogP) is 8.22. The first kappa shape index (κ1) is 30.7. The smallest absolute Gasteiger partial charge is 0.408 e. The Morgan fingerprint density at radius 2 is 1.48 bits per heavy atom. The van der Waals surface area contributed by atoms with Crippen molar-refractivity contribution in [2.75, 3.05) is 9.80 Å². The summed E-state index contributed by atoms with van der Waals surface area (Å²) in [6.45, 7) is 9.39. The van der Waals surface area contributed by atoms with Crippen molar-refractivity contribution in [3.8, 4) is 0 Å². The molecule has 3 aromatic carbocycles. The number of thiazole rings is 1. The maximum absolute atomic E-state index is 14.1. The van der Waals surface area contributed by atoms with Crippen molar-refractivity contribution in [3.05, 3.63) is 102 Å². The number of hydrogen-bond donors (Lipinski definition) is 1. The van der Waals surface area contributed by atoms with Gasteiger partial charge in [-0.25, -0.2) is 14.2 Å². The number of hydrogen-bond acceptors (Lipinski definition) is 6. The highest BCUT2D eigenvalue weighted by Crippen LogP contribution is 2.36. The van der Waals surface area contributed by atoms with Gasteiger partial charge in [0.2, 0.25) is 5.91 Å². The topological polar surface area (TPSA) is 74.8 Å².